The highest BCUT2D eigenvalue weighted by atomic mass is 16.2. The first-order valence-corrected chi connectivity index (χ1v) is 13.3. The van der Waals surface area contributed by atoms with E-state index in [2.05, 4.69) is 0 Å². The molecular formula is C34H28N4O4. The van der Waals surface area contributed by atoms with Crippen molar-refractivity contribution in [3.8, 4) is 0 Å². The summed E-state index contributed by atoms with van der Waals surface area (Å²) >= 11 is 0. The fourth-order valence-corrected chi connectivity index (χ4v) is 4.58. The number of rotatable bonds is 6. The monoisotopic (exact) mass is 556 g/mol. The van der Waals surface area contributed by atoms with Gasteiger partial charge in [0.05, 0.1) is 11.4 Å². The Hall–Kier alpha value is -5.76. The van der Waals surface area contributed by atoms with E-state index >= 15 is 0 Å². The largest absolute Gasteiger partial charge is 0.399 e. The number of nitrogens with two attached hydrogens (primary N) is 2. The second-order valence-electron chi connectivity index (χ2n) is 9.86. The molecule has 0 saturated heterocycles. The SMILES string of the molecule is Nc1ccc(Cc2ccc(N)cc2)cc1.O=C1C=CC(=O)N1c1ccc(Cc2ccc(N3C(=O)C=CC3=O)cc2)cc1. The molecule has 6 rings (SSSR count). The van der Waals surface area contributed by atoms with Crippen LogP contribution in [0, 0.1) is 0 Å². The van der Waals surface area contributed by atoms with E-state index in [0.717, 1.165) is 38.7 Å². The molecule has 4 N–H and O–H groups in total. The number of amides is 4. The molecule has 0 unspecified atom stereocenters. The lowest BCUT2D eigenvalue weighted by Crippen LogP contribution is -2.29. The van der Waals surface area contributed by atoms with E-state index in [9.17, 15) is 19.2 Å². The molecule has 42 heavy (non-hydrogen) atoms. The topological polar surface area (TPSA) is 127 Å². The Labute approximate surface area is 243 Å². The molecule has 8 nitrogen and oxygen atoms in total. The Morgan fingerprint density at radius 3 is 0.881 bits per heavy atom. The minimum Gasteiger partial charge on any atom is -0.399 e. The molecule has 0 radical (unpaired) electrons. The number of imide groups is 2. The summed E-state index contributed by atoms with van der Waals surface area (Å²) in [6, 6.07) is 30.3. The van der Waals surface area contributed by atoms with Gasteiger partial charge in [0.1, 0.15) is 0 Å². The summed E-state index contributed by atoms with van der Waals surface area (Å²) < 4.78 is 0. The van der Waals surface area contributed by atoms with Crippen molar-refractivity contribution in [2.24, 2.45) is 0 Å². The molecule has 0 atom stereocenters. The van der Waals surface area contributed by atoms with Gasteiger partial charge in [0, 0.05) is 35.7 Å². The lowest BCUT2D eigenvalue weighted by molar-refractivity contribution is -0.121. The van der Waals surface area contributed by atoms with Crippen molar-refractivity contribution in [1.82, 2.24) is 0 Å². The first-order valence-electron chi connectivity index (χ1n) is 13.3. The number of nitrogen functional groups attached to an aromatic ring is 2. The fourth-order valence-electron chi connectivity index (χ4n) is 4.58. The smallest absolute Gasteiger partial charge is 0.258 e. The normalized spacial score (nSPS) is 14.0. The summed E-state index contributed by atoms with van der Waals surface area (Å²) in [7, 11) is 0. The third-order valence-electron chi connectivity index (χ3n) is 6.78. The first-order chi connectivity index (χ1) is 20.3. The van der Waals surface area contributed by atoms with E-state index in [1.807, 2.05) is 72.8 Å². The zero-order chi connectivity index (χ0) is 29.6. The van der Waals surface area contributed by atoms with Gasteiger partial charge in [-0.2, -0.15) is 0 Å². The van der Waals surface area contributed by atoms with Gasteiger partial charge in [0.15, 0.2) is 0 Å². The summed E-state index contributed by atoms with van der Waals surface area (Å²) in [6.07, 6.45) is 6.57. The van der Waals surface area contributed by atoms with Crippen LogP contribution in [0.5, 0.6) is 0 Å². The number of nitrogens with zero attached hydrogens (tertiary/aromatic N) is 2. The number of carbonyl (C=O) groups is 4. The zero-order valence-corrected chi connectivity index (χ0v) is 22.6. The number of hydrogen-bond acceptors (Lipinski definition) is 6. The zero-order valence-electron chi connectivity index (χ0n) is 22.6. The second-order valence-corrected chi connectivity index (χ2v) is 9.86. The number of anilines is 4. The number of hydrogen-bond donors (Lipinski definition) is 2. The first kappa shape index (κ1) is 27.8. The molecule has 0 saturated carbocycles. The predicted molar refractivity (Wildman–Crippen MR) is 163 cm³/mol. The van der Waals surface area contributed by atoms with Crippen molar-refractivity contribution < 1.29 is 19.2 Å². The van der Waals surface area contributed by atoms with Crippen LogP contribution in [0.1, 0.15) is 22.3 Å². The quantitative estimate of drug-likeness (QED) is 0.265. The molecule has 0 aromatic heterocycles. The highest BCUT2D eigenvalue weighted by Crippen LogP contribution is 2.23. The van der Waals surface area contributed by atoms with Crippen LogP contribution in [-0.2, 0) is 32.0 Å². The Bertz CT molecular complexity index is 1530. The Kier molecular flexibility index (Phi) is 8.06. The van der Waals surface area contributed by atoms with Gasteiger partial charge in [-0.15, -0.1) is 0 Å². The Morgan fingerprint density at radius 1 is 0.381 bits per heavy atom. The molecule has 4 amide bonds. The van der Waals surface area contributed by atoms with E-state index < -0.39 is 0 Å². The van der Waals surface area contributed by atoms with Crippen LogP contribution < -0.4 is 21.3 Å². The van der Waals surface area contributed by atoms with E-state index in [-0.39, 0.29) is 23.6 Å². The molecule has 2 aliphatic heterocycles. The highest BCUT2D eigenvalue weighted by Gasteiger charge is 2.25. The van der Waals surface area contributed by atoms with Gasteiger partial charge in [0.2, 0.25) is 0 Å². The summed E-state index contributed by atoms with van der Waals surface area (Å²) in [5.74, 6) is -1.37. The molecule has 2 aliphatic rings. The van der Waals surface area contributed by atoms with Crippen molar-refractivity contribution in [3.63, 3.8) is 0 Å². The van der Waals surface area contributed by atoms with Gasteiger partial charge >= 0.3 is 0 Å². The van der Waals surface area contributed by atoms with Crippen molar-refractivity contribution in [1.29, 1.82) is 0 Å². The molecule has 208 valence electrons. The summed E-state index contributed by atoms with van der Waals surface area (Å²) in [6.45, 7) is 0. The minimum atomic E-state index is -0.344. The van der Waals surface area contributed by atoms with Gasteiger partial charge in [-0.1, -0.05) is 48.5 Å². The lowest BCUT2D eigenvalue weighted by atomic mass is 10.0. The molecule has 0 spiro atoms. The van der Waals surface area contributed by atoms with Gasteiger partial charge in [-0.05, 0) is 83.6 Å². The highest BCUT2D eigenvalue weighted by molar-refractivity contribution is 6.28. The van der Waals surface area contributed by atoms with E-state index in [1.165, 1.54) is 35.4 Å². The molecule has 4 aromatic rings. The van der Waals surface area contributed by atoms with Crippen molar-refractivity contribution in [3.05, 3.63) is 144 Å². The van der Waals surface area contributed by atoms with Gasteiger partial charge in [-0.25, -0.2) is 9.80 Å². The van der Waals surface area contributed by atoms with E-state index in [1.54, 1.807) is 24.3 Å². The summed E-state index contributed by atoms with van der Waals surface area (Å²) in [5, 5.41) is 0. The maximum absolute atomic E-state index is 11.7. The van der Waals surface area contributed by atoms with Gasteiger partial charge in [-0.3, -0.25) is 19.2 Å². The Balaban J connectivity index is 0.000000199. The fraction of sp³-hybridized carbons (Fsp3) is 0.0588. The van der Waals surface area contributed by atoms with Gasteiger partial charge < -0.3 is 11.5 Å². The summed E-state index contributed by atoms with van der Waals surface area (Å²) in [4.78, 5) is 49.1. The second kappa shape index (κ2) is 12.2. The van der Waals surface area contributed by atoms with Crippen LogP contribution in [0.25, 0.3) is 0 Å². The number of carbonyl (C=O) groups excluding carboxylic acids is 4. The van der Waals surface area contributed by atoms with Crippen molar-refractivity contribution >= 4 is 46.4 Å². The van der Waals surface area contributed by atoms with Crippen LogP contribution >= 0.6 is 0 Å². The van der Waals surface area contributed by atoms with Crippen molar-refractivity contribution in [2.75, 3.05) is 21.3 Å². The van der Waals surface area contributed by atoms with Crippen LogP contribution in [-0.4, -0.2) is 23.6 Å². The third-order valence-corrected chi connectivity index (χ3v) is 6.78. The molecular weight excluding hydrogens is 528 g/mol. The van der Waals surface area contributed by atoms with E-state index in [0.29, 0.717) is 17.8 Å². The third kappa shape index (κ3) is 6.51. The van der Waals surface area contributed by atoms with Crippen LogP contribution in [0.4, 0.5) is 22.7 Å². The molecule has 0 bridgehead atoms. The van der Waals surface area contributed by atoms with Crippen molar-refractivity contribution in [2.45, 2.75) is 12.8 Å². The van der Waals surface area contributed by atoms with Crippen LogP contribution in [0.3, 0.4) is 0 Å². The molecule has 4 aromatic carbocycles. The van der Waals surface area contributed by atoms with Gasteiger partial charge in [0.25, 0.3) is 23.6 Å². The number of benzene rings is 4. The standard InChI is InChI=1S/C21H14N2O4.C13H14N2/c24-18-9-10-19(25)22(18)16-5-1-14(2-6-16)13-15-3-7-17(8-4-15)23-20(26)11-12-21(23)27;14-12-5-1-10(2-6-12)9-11-3-7-13(15)8-4-11/h1-12H,13H2;1-8H,9,14-15H2. The average molecular weight is 557 g/mol. The maximum atomic E-state index is 11.7. The minimum absolute atomic E-state index is 0.344. The predicted octanol–water partition coefficient (Wildman–Crippen LogP) is 4.58. The molecule has 0 aliphatic carbocycles. The molecule has 8 heteroatoms. The van der Waals surface area contributed by atoms with Crippen LogP contribution in [0.15, 0.2) is 121 Å². The lowest BCUT2D eigenvalue weighted by Gasteiger charge is -2.15. The molecule has 2 heterocycles. The average Bonchev–Trinajstić information content (AvgIpc) is 3.51. The van der Waals surface area contributed by atoms with E-state index in [4.69, 9.17) is 11.5 Å². The summed E-state index contributed by atoms with van der Waals surface area (Å²) in [5.41, 5.74) is 18.5. The van der Waals surface area contributed by atoms with Crippen LogP contribution in [0.2, 0.25) is 0 Å². The molecule has 0 fully saturated rings. The Morgan fingerprint density at radius 2 is 0.619 bits per heavy atom. The maximum Gasteiger partial charge on any atom is 0.258 e.